The summed E-state index contributed by atoms with van der Waals surface area (Å²) in [6, 6.07) is 1.73. The third kappa shape index (κ3) is 1.10. The SMILES string of the molecule is CC1Nc2cc(Br)[nH]c2NC1=O. The highest BCUT2D eigenvalue weighted by atomic mass is 79.9. The van der Waals surface area contributed by atoms with Crippen LogP contribution in [0.2, 0.25) is 0 Å². The van der Waals surface area contributed by atoms with Crippen molar-refractivity contribution in [2.75, 3.05) is 10.6 Å². The van der Waals surface area contributed by atoms with Gasteiger partial charge in [0.15, 0.2) is 0 Å². The first kappa shape index (κ1) is 7.67. The molecule has 1 aromatic heterocycles. The van der Waals surface area contributed by atoms with Crippen molar-refractivity contribution in [2.24, 2.45) is 0 Å². The molecule has 1 aliphatic rings. The quantitative estimate of drug-likeness (QED) is 0.633. The van der Waals surface area contributed by atoms with Crippen molar-refractivity contribution >= 4 is 33.3 Å². The van der Waals surface area contributed by atoms with Crippen LogP contribution in [0.1, 0.15) is 6.92 Å². The molecule has 0 radical (unpaired) electrons. The van der Waals surface area contributed by atoms with E-state index in [4.69, 9.17) is 0 Å². The maximum absolute atomic E-state index is 11.2. The van der Waals surface area contributed by atoms with Crippen molar-refractivity contribution in [3.8, 4) is 0 Å². The number of halogens is 1. The molecular formula is C7H8BrN3O. The van der Waals surface area contributed by atoms with Gasteiger partial charge in [0.2, 0.25) is 5.91 Å². The molecule has 0 bridgehead atoms. The fourth-order valence-corrected chi connectivity index (χ4v) is 1.59. The normalized spacial score (nSPS) is 21.2. The summed E-state index contributed by atoms with van der Waals surface area (Å²) in [5.41, 5.74) is 0.925. The molecule has 0 fully saturated rings. The second kappa shape index (κ2) is 2.52. The van der Waals surface area contributed by atoms with Crippen LogP contribution in [0.15, 0.2) is 10.7 Å². The number of hydrogen-bond acceptors (Lipinski definition) is 2. The van der Waals surface area contributed by atoms with Gasteiger partial charge in [-0.1, -0.05) is 0 Å². The van der Waals surface area contributed by atoms with Gasteiger partial charge in [0.1, 0.15) is 11.9 Å². The zero-order chi connectivity index (χ0) is 8.72. The monoisotopic (exact) mass is 229 g/mol. The molecule has 64 valence electrons. The average Bonchev–Trinajstić information content (AvgIpc) is 2.30. The number of aromatic nitrogens is 1. The average molecular weight is 230 g/mol. The second-order valence-corrected chi connectivity index (χ2v) is 3.62. The zero-order valence-electron chi connectivity index (χ0n) is 6.44. The third-order valence-corrected chi connectivity index (χ3v) is 2.23. The topological polar surface area (TPSA) is 56.9 Å². The van der Waals surface area contributed by atoms with Crippen LogP contribution < -0.4 is 10.6 Å². The summed E-state index contributed by atoms with van der Waals surface area (Å²) >= 11 is 3.29. The zero-order valence-corrected chi connectivity index (χ0v) is 8.03. The summed E-state index contributed by atoms with van der Waals surface area (Å²) in [6.07, 6.45) is 0. The Kier molecular flexibility index (Phi) is 1.61. The summed E-state index contributed by atoms with van der Waals surface area (Å²) in [4.78, 5) is 14.1. The first-order chi connectivity index (χ1) is 5.66. The molecule has 4 nitrogen and oxygen atoms in total. The standard InChI is InChI=1S/C7H8BrN3O/c1-3-7(12)11-6-4(9-3)2-5(8)10-6/h2-3,9-10H,1H3,(H,11,12). The Hall–Kier alpha value is -0.970. The predicted molar refractivity (Wildman–Crippen MR) is 50.2 cm³/mol. The van der Waals surface area contributed by atoms with Gasteiger partial charge in [0.25, 0.3) is 0 Å². The van der Waals surface area contributed by atoms with Crippen LogP contribution in [-0.2, 0) is 4.79 Å². The Morgan fingerprint density at radius 3 is 3.08 bits per heavy atom. The number of aromatic amines is 1. The number of nitrogens with one attached hydrogen (secondary N) is 3. The van der Waals surface area contributed by atoms with E-state index in [1.54, 1.807) is 0 Å². The van der Waals surface area contributed by atoms with E-state index in [0.29, 0.717) is 0 Å². The molecule has 0 saturated heterocycles. The minimum absolute atomic E-state index is 0.0168. The van der Waals surface area contributed by atoms with E-state index < -0.39 is 0 Å². The van der Waals surface area contributed by atoms with Gasteiger partial charge in [0.05, 0.1) is 10.3 Å². The molecule has 0 aromatic carbocycles. The lowest BCUT2D eigenvalue weighted by Crippen LogP contribution is -2.35. The van der Waals surface area contributed by atoms with Gasteiger partial charge in [0, 0.05) is 0 Å². The fourth-order valence-electron chi connectivity index (χ4n) is 1.16. The summed E-state index contributed by atoms with van der Waals surface area (Å²) in [7, 11) is 0. The molecule has 1 atom stereocenters. The van der Waals surface area contributed by atoms with Crippen molar-refractivity contribution in [3.05, 3.63) is 10.7 Å². The van der Waals surface area contributed by atoms with Crippen LogP contribution in [0, 0.1) is 0 Å². The van der Waals surface area contributed by atoms with Crippen LogP contribution in [-0.4, -0.2) is 16.9 Å². The lowest BCUT2D eigenvalue weighted by molar-refractivity contribution is -0.116. The Morgan fingerprint density at radius 1 is 1.58 bits per heavy atom. The number of anilines is 2. The lowest BCUT2D eigenvalue weighted by atomic mass is 10.2. The highest BCUT2D eigenvalue weighted by molar-refractivity contribution is 9.10. The number of rotatable bonds is 0. The molecule has 5 heteroatoms. The van der Waals surface area contributed by atoms with E-state index in [1.807, 2.05) is 13.0 Å². The minimum Gasteiger partial charge on any atom is -0.371 e. The second-order valence-electron chi connectivity index (χ2n) is 2.76. The van der Waals surface area contributed by atoms with E-state index in [2.05, 4.69) is 31.5 Å². The van der Waals surface area contributed by atoms with Gasteiger partial charge < -0.3 is 15.6 Å². The maximum atomic E-state index is 11.2. The molecule has 0 spiro atoms. The lowest BCUT2D eigenvalue weighted by Gasteiger charge is -2.20. The van der Waals surface area contributed by atoms with Crippen molar-refractivity contribution in [3.63, 3.8) is 0 Å². The fraction of sp³-hybridized carbons (Fsp3) is 0.286. The van der Waals surface area contributed by atoms with Crippen LogP contribution in [0.4, 0.5) is 11.5 Å². The maximum Gasteiger partial charge on any atom is 0.247 e. The smallest absolute Gasteiger partial charge is 0.247 e. The molecule has 0 aliphatic carbocycles. The Balaban J connectivity index is 2.39. The van der Waals surface area contributed by atoms with E-state index >= 15 is 0 Å². The predicted octanol–water partition coefficient (Wildman–Crippen LogP) is 1.53. The molecule has 3 N–H and O–H groups in total. The van der Waals surface area contributed by atoms with E-state index in [1.165, 1.54) is 0 Å². The van der Waals surface area contributed by atoms with Crippen molar-refractivity contribution < 1.29 is 4.79 Å². The van der Waals surface area contributed by atoms with E-state index in [0.717, 1.165) is 16.1 Å². The largest absolute Gasteiger partial charge is 0.371 e. The molecular weight excluding hydrogens is 222 g/mol. The van der Waals surface area contributed by atoms with Crippen LogP contribution >= 0.6 is 15.9 Å². The molecule has 2 rings (SSSR count). The molecule has 1 amide bonds. The van der Waals surface area contributed by atoms with Crippen molar-refractivity contribution in [1.29, 1.82) is 0 Å². The van der Waals surface area contributed by atoms with Crippen LogP contribution in [0.5, 0.6) is 0 Å². The van der Waals surface area contributed by atoms with E-state index in [-0.39, 0.29) is 11.9 Å². The minimum atomic E-state index is -0.166. The van der Waals surface area contributed by atoms with Gasteiger partial charge in [-0.2, -0.15) is 0 Å². The first-order valence-corrected chi connectivity index (χ1v) is 4.42. The summed E-state index contributed by atoms with van der Waals surface area (Å²) in [5, 5.41) is 5.80. The van der Waals surface area contributed by atoms with Crippen LogP contribution in [0.25, 0.3) is 0 Å². The molecule has 1 unspecified atom stereocenters. The Bertz CT molecular complexity index is 333. The molecule has 2 heterocycles. The Morgan fingerprint density at radius 2 is 2.33 bits per heavy atom. The van der Waals surface area contributed by atoms with Gasteiger partial charge in [-0.15, -0.1) is 0 Å². The number of hydrogen-bond donors (Lipinski definition) is 3. The van der Waals surface area contributed by atoms with Crippen molar-refractivity contribution in [2.45, 2.75) is 13.0 Å². The third-order valence-electron chi connectivity index (χ3n) is 1.80. The van der Waals surface area contributed by atoms with Gasteiger partial charge in [-0.3, -0.25) is 4.79 Å². The number of carbonyl (C=O) groups is 1. The molecule has 1 aromatic rings. The van der Waals surface area contributed by atoms with Gasteiger partial charge in [-0.25, -0.2) is 0 Å². The summed E-state index contributed by atoms with van der Waals surface area (Å²) in [6.45, 7) is 1.82. The summed E-state index contributed by atoms with van der Waals surface area (Å²) in [5.74, 6) is 0.710. The molecule has 0 saturated carbocycles. The van der Waals surface area contributed by atoms with E-state index in [9.17, 15) is 4.79 Å². The number of fused-ring (bicyclic) bond motifs is 1. The number of carbonyl (C=O) groups excluding carboxylic acids is 1. The van der Waals surface area contributed by atoms with Crippen LogP contribution in [0.3, 0.4) is 0 Å². The molecule has 1 aliphatic heterocycles. The van der Waals surface area contributed by atoms with Gasteiger partial charge in [-0.05, 0) is 28.9 Å². The van der Waals surface area contributed by atoms with Crippen molar-refractivity contribution in [1.82, 2.24) is 4.98 Å². The number of H-pyrrole nitrogens is 1. The molecule has 12 heavy (non-hydrogen) atoms. The summed E-state index contributed by atoms with van der Waals surface area (Å²) < 4.78 is 0.856. The first-order valence-electron chi connectivity index (χ1n) is 3.63. The number of amides is 1. The highest BCUT2D eigenvalue weighted by Gasteiger charge is 2.22. The Labute approximate surface area is 77.9 Å². The highest BCUT2D eigenvalue weighted by Crippen LogP contribution is 2.29. The van der Waals surface area contributed by atoms with Gasteiger partial charge >= 0.3 is 0 Å².